The van der Waals surface area contributed by atoms with E-state index in [0.717, 1.165) is 37.9 Å². The average Bonchev–Trinajstić information content (AvgIpc) is 3.20. The van der Waals surface area contributed by atoms with Gasteiger partial charge in [-0.2, -0.15) is 13.2 Å². The largest absolute Gasteiger partial charge is 0.401 e. The summed E-state index contributed by atoms with van der Waals surface area (Å²) in [7, 11) is 0. The fraction of sp³-hybridized carbons (Fsp3) is 0.600. The van der Waals surface area contributed by atoms with E-state index in [0.29, 0.717) is 6.54 Å². The van der Waals surface area contributed by atoms with Crippen molar-refractivity contribution in [3.8, 4) is 0 Å². The molecule has 3 rings (SSSR count). The first kappa shape index (κ1) is 13.9. The van der Waals surface area contributed by atoms with Gasteiger partial charge in [0.05, 0.1) is 6.54 Å². The van der Waals surface area contributed by atoms with Crippen LogP contribution in [0.15, 0.2) is 18.2 Å². The Hall–Kier alpha value is -1.07. The Morgan fingerprint density at radius 2 is 2.00 bits per heavy atom. The molecule has 0 spiro atoms. The van der Waals surface area contributed by atoms with Crippen LogP contribution < -0.4 is 5.32 Å². The molecule has 0 saturated heterocycles. The van der Waals surface area contributed by atoms with E-state index < -0.39 is 12.7 Å². The third-order valence-electron chi connectivity index (χ3n) is 3.99. The third kappa shape index (κ3) is 3.52. The first-order valence-corrected chi connectivity index (χ1v) is 7.13. The fourth-order valence-corrected chi connectivity index (χ4v) is 2.85. The molecule has 2 nitrogen and oxygen atoms in total. The molecule has 1 fully saturated rings. The molecule has 2 aliphatic rings. The van der Waals surface area contributed by atoms with E-state index in [2.05, 4.69) is 17.4 Å². The first-order valence-electron chi connectivity index (χ1n) is 7.13. The van der Waals surface area contributed by atoms with E-state index in [1.807, 2.05) is 6.07 Å². The van der Waals surface area contributed by atoms with Crippen LogP contribution in [-0.2, 0) is 19.5 Å². The summed E-state index contributed by atoms with van der Waals surface area (Å²) in [5.41, 5.74) is 3.54. The summed E-state index contributed by atoms with van der Waals surface area (Å²) < 4.78 is 37.9. The summed E-state index contributed by atoms with van der Waals surface area (Å²) in [5.74, 6) is 0. The van der Waals surface area contributed by atoms with Crippen molar-refractivity contribution in [1.82, 2.24) is 10.2 Å². The highest BCUT2D eigenvalue weighted by Gasteiger charge is 2.37. The predicted molar refractivity (Wildman–Crippen MR) is 71.3 cm³/mol. The van der Waals surface area contributed by atoms with Gasteiger partial charge in [0.25, 0.3) is 0 Å². The van der Waals surface area contributed by atoms with Crippen LogP contribution in [0, 0.1) is 0 Å². The quantitative estimate of drug-likeness (QED) is 0.914. The van der Waals surface area contributed by atoms with Crippen molar-refractivity contribution in [1.29, 1.82) is 0 Å². The van der Waals surface area contributed by atoms with Crippen LogP contribution in [0.5, 0.6) is 0 Å². The van der Waals surface area contributed by atoms with Gasteiger partial charge in [-0.15, -0.1) is 0 Å². The molecular weight excluding hydrogens is 265 g/mol. The lowest BCUT2D eigenvalue weighted by atomic mass is 9.98. The lowest BCUT2D eigenvalue weighted by molar-refractivity contribution is -0.148. The van der Waals surface area contributed by atoms with Crippen molar-refractivity contribution in [3.05, 3.63) is 34.9 Å². The number of hydrogen-bond donors (Lipinski definition) is 1. The minimum absolute atomic E-state index is 0.116. The Balaban J connectivity index is 1.71. The Morgan fingerprint density at radius 3 is 2.70 bits per heavy atom. The zero-order valence-electron chi connectivity index (χ0n) is 11.3. The SMILES string of the molecule is FC(F)(F)CN(Cc1ccc2c(c1)CNCC2)C1CC1. The molecule has 0 amide bonds. The van der Waals surface area contributed by atoms with Crippen LogP contribution in [-0.4, -0.2) is 30.2 Å². The summed E-state index contributed by atoms with van der Waals surface area (Å²) in [6.45, 7) is 1.41. The molecule has 20 heavy (non-hydrogen) atoms. The van der Waals surface area contributed by atoms with Crippen LogP contribution in [0.3, 0.4) is 0 Å². The third-order valence-corrected chi connectivity index (χ3v) is 3.99. The second-order valence-corrected chi connectivity index (χ2v) is 5.78. The Morgan fingerprint density at radius 1 is 1.20 bits per heavy atom. The van der Waals surface area contributed by atoms with Gasteiger partial charge in [-0.05, 0) is 42.5 Å². The van der Waals surface area contributed by atoms with Crippen molar-refractivity contribution in [2.24, 2.45) is 0 Å². The van der Waals surface area contributed by atoms with Crippen molar-refractivity contribution in [3.63, 3.8) is 0 Å². The zero-order chi connectivity index (χ0) is 14.2. The van der Waals surface area contributed by atoms with Gasteiger partial charge < -0.3 is 5.32 Å². The van der Waals surface area contributed by atoms with Gasteiger partial charge in [0, 0.05) is 19.1 Å². The van der Waals surface area contributed by atoms with Crippen LogP contribution in [0.2, 0.25) is 0 Å². The highest BCUT2D eigenvalue weighted by molar-refractivity contribution is 5.33. The van der Waals surface area contributed by atoms with Crippen molar-refractivity contribution >= 4 is 0 Å². The Kier molecular flexibility index (Phi) is 3.73. The summed E-state index contributed by atoms with van der Waals surface area (Å²) in [6, 6.07) is 6.23. The van der Waals surface area contributed by atoms with Gasteiger partial charge in [-0.25, -0.2) is 0 Å². The number of alkyl halides is 3. The zero-order valence-corrected chi connectivity index (χ0v) is 11.3. The summed E-state index contributed by atoms with van der Waals surface area (Å²) in [4.78, 5) is 1.57. The number of fused-ring (bicyclic) bond motifs is 1. The van der Waals surface area contributed by atoms with E-state index in [1.165, 1.54) is 11.1 Å². The molecule has 0 atom stereocenters. The van der Waals surface area contributed by atoms with Gasteiger partial charge in [0.1, 0.15) is 0 Å². The van der Waals surface area contributed by atoms with Gasteiger partial charge in [-0.3, -0.25) is 4.90 Å². The van der Waals surface area contributed by atoms with Crippen LogP contribution in [0.25, 0.3) is 0 Å². The number of nitrogens with zero attached hydrogens (tertiary/aromatic N) is 1. The first-order chi connectivity index (χ1) is 9.51. The predicted octanol–water partition coefficient (Wildman–Crippen LogP) is 2.86. The van der Waals surface area contributed by atoms with E-state index in [9.17, 15) is 13.2 Å². The Labute approximate surface area is 117 Å². The van der Waals surface area contributed by atoms with E-state index in [4.69, 9.17) is 0 Å². The minimum Gasteiger partial charge on any atom is -0.312 e. The highest BCUT2D eigenvalue weighted by atomic mass is 19.4. The van der Waals surface area contributed by atoms with E-state index in [-0.39, 0.29) is 6.04 Å². The maximum absolute atomic E-state index is 12.6. The molecule has 0 unspecified atom stereocenters. The summed E-state index contributed by atoms with van der Waals surface area (Å²) in [6.07, 6.45) is -1.33. The minimum atomic E-state index is -4.11. The topological polar surface area (TPSA) is 15.3 Å². The van der Waals surface area contributed by atoms with Crippen molar-refractivity contribution in [2.75, 3.05) is 13.1 Å². The maximum atomic E-state index is 12.6. The lowest BCUT2D eigenvalue weighted by Gasteiger charge is -2.24. The molecule has 1 aliphatic heterocycles. The number of hydrogen-bond acceptors (Lipinski definition) is 2. The smallest absolute Gasteiger partial charge is 0.312 e. The molecule has 1 N–H and O–H groups in total. The molecule has 0 aromatic heterocycles. The van der Waals surface area contributed by atoms with Gasteiger partial charge >= 0.3 is 6.18 Å². The van der Waals surface area contributed by atoms with Gasteiger partial charge in [-0.1, -0.05) is 18.2 Å². The molecule has 1 heterocycles. The van der Waals surface area contributed by atoms with Crippen LogP contribution in [0.4, 0.5) is 13.2 Å². The maximum Gasteiger partial charge on any atom is 0.401 e. The van der Waals surface area contributed by atoms with Crippen molar-refractivity contribution in [2.45, 2.75) is 44.6 Å². The van der Waals surface area contributed by atoms with Gasteiger partial charge in [0.2, 0.25) is 0 Å². The monoisotopic (exact) mass is 284 g/mol. The molecule has 1 aromatic rings. The fourth-order valence-electron chi connectivity index (χ4n) is 2.85. The number of halogens is 3. The highest BCUT2D eigenvalue weighted by Crippen LogP contribution is 2.31. The average molecular weight is 284 g/mol. The summed E-state index contributed by atoms with van der Waals surface area (Å²) in [5, 5.41) is 3.30. The van der Waals surface area contributed by atoms with Crippen LogP contribution >= 0.6 is 0 Å². The normalized spacial score (nSPS) is 19.2. The number of rotatable bonds is 4. The lowest BCUT2D eigenvalue weighted by Crippen LogP contribution is -2.35. The molecule has 0 bridgehead atoms. The second kappa shape index (κ2) is 5.37. The molecule has 1 aromatic carbocycles. The second-order valence-electron chi connectivity index (χ2n) is 5.78. The summed E-state index contributed by atoms with van der Waals surface area (Å²) >= 11 is 0. The number of nitrogens with one attached hydrogen (secondary N) is 1. The molecular formula is C15H19F3N2. The molecule has 1 aliphatic carbocycles. The molecule has 1 saturated carbocycles. The van der Waals surface area contributed by atoms with Gasteiger partial charge in [0.15, 0.2) is 0 Å². The van der Waals surface area contributed by atoms with E-state index >= 15 is 0 Å². The van der Waals surface area contributed by atoms with Crippen LogP contribution in [0.1, 0.15) is 29.5 Å². The Bertz CT molecular complexity index is 480. The number of benzene rings is 1. The standard InChI is InChI=1S/C15H19F3N2/c16-15(17,18)10-20(14-3-4-14)9-11-1-2-12-5-6-19-8-13(12)7-11/h1-2,7,14,19H,3-6,8-10H2. The van der Waals surface area contributed by atoms with E-state index in [1.54, 1.807) is 4.90 Å². The van der Waals surface area contributed by atoms with Crippen molar-refractivity contribution < 1.29 is 13.2 Å². The molecule has 0 radical (unpaired) electrons. The molecule has 110 valence electrons. The molecule has 5 heteroatoms.